The number of hydrogen-bond donors (Lipinski definition) is 0. The average molecular weight is 267 g/mol. The highest BCUT2D eigenvalue weighted by atomic mass is 127. The molecule has 0 aromatic carbocycles. The second-order valence-electron chi connectivity index (χ2n) is 3.32. The van der Waals surface area contributed by atoms with Gasteiger partial charge in [-0.05, 0) is 19.4 Å². The van der Waals surface area contributed by atoms with Gasteiger partial charge in [0.1, 0.15) is 0 Å². The molecule has 1 nitrogen and oxygen atoms in total. The van der Waals surface area contributed by atoms with Crippen molar-refractivity contribution in [3.8, 4) is 0 Å². The Balaban J connectivity index is 2.30. The van der Waals surface area contributed by atoms with Crippen LogP contribution in [0.15, 0.2) is 0 Å². The van der Waals surface area contributed by atoms with Crippen LogP contribution in [-0.2, 0) is 0 Å². The van der Waals surface area contributed by atoms with E-state index in [0.29, 0.717) is 0 Å². The van der Waals surface area contributed by atoms with Gasteiger partial charge in [0.25, 0.3) is 0 Å². The standard InChI is InChI=1S/C9H18IN/c1-2-11(8-10)9-6-4-3-5-7-9/h9H,2-8H2,1H3. The van der Waals surface area contributed by atoms with Crippen molar-refractivity contribution in [1.82, 2.24) is 4.90 Å². The average Bonchev–Trinajstić information content (AvgIpc) is 2.09. The molecule has 1 fully saturated rings. The second-order valence-corrected chi connectivity index (χ2v) is 4.00. The van der Waals surface area contributed by atoms with Crippen LogP contribution >= 0.6 is 22.6 Å². The highest BCUT2D eigenvalue weighted by Gasteiger charge is 2.18. The van der Waals surface area contributed by atoms with Crippen molar-refractivity contribution in [2.75, 3.05) is 11.1 Å². The Morgan fingerprint density at radius 3 is 2.36 bits per heavy atom. The second kappa shape index (κ2) is 5.36. The van der Waals surface area contributed by atoms with Crippen LogP contribution in [0.5, 0.6) is 0 Å². The maximum absolute atomic E-state index is 2.60. The van der Waals surface area contributed by atoms with Crippen LogP contribution in [-0.4, -0.2) is 22.0 Å². The van der Waals surface area contributed by atoms with E-state index >= 15 is 0 Å². The molecule has 1 saturated carbocycles. The lowest BCUT2D eigenvalue weighted by atomic mass is 9.95. The normalized spacial score (nSPS) is 21.0. The van der Waals surface area contributed by atoms with Gasteiger partial charge in [0.2, 0.25) is 0 Å². The Morgan fingerprint density at radius 1 is 1.27 bits per heavy atom. The maximum atomic E-state index is 2.60. The minimum absolute atomic E-state index is 0.908. The van der Waals surface area contributed by atoms with Crippen LogP contribution in [0.4, 0.5) is 0 Å². The first-order valence-corrected chi connectivity index (χ1v) is 6.21. The Kier molecular flexibility index (Phi) is 4.76. The van der Waals surface area contributed by atoms with Gasteiger partial charge in [0.05, 0.1) is 4.55 Å². The molecule has 0 aromatic rings. The summed E-state index contributed by atoms with van der Waals surface area (Å²) in [6, 6.07) is 0.908. The first kappa shape index (κ1) is 9.78. The summed E-state index contributed by atoms with van der Waals surface area (Å²) >= 11 is 2.48. The number of rotatable bonds is 3. The molecule has 11 heavy (non-hydrogen) atoms. The molecule has 0 radical (unpaired) electrons. The summed E-state index contributed by atoms with van der Waals surface area (Å²) in [6.07, 6.45) is 7.26. The van der Waals surface area contributed by atoms with Gasteiger partial charge in [0.15, 0.2) is 0 Å². The monoisotopic (exact) mass is 267 g/mol. The van der Waals surface area contributed by atoms with Crippen molar-refractivity contribution in [3.05, 3.63) is 0 Å². The van der Waals surface area contributed by atoms with Crippen molar-refractivity contribution in [1.29, 1.82) is 0 Å². The van der Waals surface area contributed by atoms with Crippen molar-refractivity contribution in [3.63, 3.8) is 0 Å². The molecular formula is C9H18IN. The van der Waals surface area contributed by atoms with Crippen LogP contribution in [0, 0.1) is 0 Å². The fraction of sp³-hybridized carbons (Fsp3) is 1.00. The van der Waals surface area contributed by atoms with Gasteiger partial charge in [-0.25, -0.2) is 0 Å². The van der Waals surface area contributed by atoms with E-state index in [1.165, 1.54) is 43.2 Å². The summed E-state index contributed by atoms with van der Waals surface area (Å²) in [5.41, 5.74) is 0. The quantitative estimate of drug-likeness (QED) is 0.431. The molecular weight excluding hydrogens is 249 g/mol. The third kappa shape index (κ3) is 2.90. The molecule has 0 N–H and O–H groups in total. The molecule has 0 unspecified atom stereocenters. The molecule has 1 aliphatic carbocycles. The van der Waals surface area contributed by atoms with E-state index in [9.17, 15) is 0 Å². The van der Waals surface area contributed by atoms with Gasteiger partial charge < -0.3 is 0 Å². The molecule has 0 spiro atoms. The van der Waals surface area contributed by atoms with Gasteiger partial charge in [-0.2, -0.15) is 0 Å². The van der Waals surface area contributed by atoms with Crippen molar-refractivity contribution >= 4 is 22.6 Å². The number of nitrogens with zero attached hydrogens (tertiary/aromatic N) is 1. The van der Waals surface area contributed by atoms with Crippen molar-refractivity contribution < 1.29 is 0 Å². The topological polar surface area (TPSA) is 3.24 Å². The highest BCUT2D eigenvalue weighted by Crippen LogP contribution is 2.22. The van der Waals surface area contributed by atoms with Crippen LogP contribution in [0.25, 0.3) is 0 Å². The Hall–Kier alpha value is 0.690. The zero-order valence-electron chi connectivity index (χ0n) is 7.35. The molecule has 0 amide bonds. The Bertz CT molecular complexity index is 95.7. The number of hydrogen-bond acceptors (Lipinski definition) is 1. The van der Waals surface area contributed by atoms with Gasteiger partial charge in [-0.3, -0.25) is 4.90 Å². The fourth-order valence-corrected chi connectivity index (χ4v) is 2.93. The lowest BCUT2D eigenvalue weighted by molar-refractivity contribution is 0.196. The predicted octanol–water partition coefficient (Wildman–Crippen LogP) is 3.03. The lowest BCUT2D eigenvalue weighted by Crippen LogP contribution is -2.35. The third-order valence-corrected chi connectivity index (χ3v) is 3.53. The molecule has 0 atom stereocenters. The molecule has 0 aromatic heterocycles. The van der Waals surface area contributed by atoms with Gasteiger partial charge in [0, 0.05) is 6.04 Å². The SMILES string of the molecule is CCN(CI)C1CCCCC1. The molecule has 1 aliphatic rings. The minimum Gasteiger partial charge on any atom is -0.292 e. The lowest BCUT2D eigenvalue weighted by Gasteiger charge is -2.31. The van der Waals surface area contributed by atoms with E-state index in [2.05, 4.69) is 34.4 Å². The van der Waals surface area contributed by atoms with E-state index in [-0.39, 0.29) is 0 Å². The largest absolute Gasteiger partial charge is 0.292 e. The molecule has 1 rings (SSSR count). The molecule has 2 heteroatoms. The number of alkyl halides is 1. The molecule has 0 heterocycles. The summed E-state index contributed by atoms with van der Waals surface area (Å²) < 4.78 is 1.21. The Labute approximate surface area is 83.7 Å². The van der Waals surface area contributed by atoms with Crippen molar-refractivity contribution in [2.24, 2.45) is 0 Å². The van der Waals surface area contributed by atoms with Crippen LogP contribution in [0.3, 0.4) is 0 Å². The first-order valence-electron chi connectivity index (χ1n) is 4.68. The summed E-state index contributed by atoms with van der Waals surface area (Å²) in [6.45, 7) is 3.50. The van der Waals surface area contributed by atoms with E-state index in [1.807, 2.05) is 0 Å². The molecule has 0 aliphatic heterocycles. The van der Waals surface area contributed by atoms with Crippen LogP contribution < -0.4 is 0 Å². The minimum atomic E-state index is 0.908. The highest BCUT2D eigenvalue weighted by molar-refractivity contribution is 14.1. The summed E-state index contributed by atoms with van der Waals surface area (Å²) in [5.74, 6) is 0. The van der Waals surface area contributed by atoms with Crippen molar-refractivity contribution in [2.45, 2.75) is 45.1 Å². The van der Waals surface area contributed by atoms with Gasteiger partial charge in [-0.1, -0.05) is 48.8 Å². The Morgan fingerprint density at radius 2 is 1.91 bits per heavy atom. The zero-order chi connectivity index (χ0) is 8.10. The van der Waals surface area contributed by atoms with Gasteiger partial charge >= 0.3 is 0 Å². The van der Waals surface area contributed by atoms with E-state index in [1.54, 1.807) is 0 Å². The fourth-order valence-electron chi connectivity index (χ4n) is 1.89. The summed E-state index contributed by atoms with van der Waals surface area (Å²) in [4.78, 5) is 2.60. The first-order chi connectivity index (χ1) is 5.38. The third-order valence-electron chi connectivity index (χ3n) is 2.65. The van der Waals surface area contributed by atoms with E-state index < -0.39 is 0 Å². The number of halogens is 1. The molecule has 66 valence electrons. The van der Waals surface area contributed by atoms with Crippen LogP contribution in [0.2, 0.25) is 0 Å². The van der Waals surface area contributed by atoms with E-state index in [4.69, 9.17) is 0 Å². The maximum Gasteiger partial charge on any atom is 0.0508 e. The molecule has 0 bridgehead atoms. The molecule has 0 saturated heterocycles. The summed E-state index contributed by atoms with van der Waals surface area (Å²) in [7, 11) is 0. The van der Waals surface area contributed by atoms with Gasteiger partial charge in [-0.15, -0.1) is 0 Å². The predicted molar refractivity (Wildman–Crippen MR) is 58.1 cm³/mol. The summed E-state index contributed by atoms with van der Waals surface area (Å²) in [5, 5.41) is 0. The van der Waals surface area contributed by atoms with Crippen LogP contribution in [0.1, 0.15) is 39.0 Å². The zero-order valence-corrected chi connectivity index (χ0v) is 9.51. The smallest absolute Gasteiger partial charge is 0.0508 e. The van der Waals surface area contributed by atoms with E-state index in [0.717, 1.165) is 6.04 Å².